The van der Waals surface area contributed by atoms with Crippen LogP contribution in [0.15, 0.2) is 107 Å². The number of hydrogen-bond donors (Lipinski definition) is 2. The van der Waals surface area contributed by atoms with E-state index in [2.05, 4.69) is 10.6 Å². The fraction of sp³-hybridized carbons (Fsp3) is 0.414. The molecule has 0 bridgehead atoms. The summed E-state index contributed by atoms with van der Waals surface area (Å²) in [5, 5.41) is 5.42. The smallest absolute Gasteiger partial charge is 0.407 e. The van der Waals surface area contributed by atoms with Crippen molar-refractivity contribution >= 4 is 46.6 Å². The summed E-state index contributed by atoms with van der Waals surface area (Å²) in [6, 6.07) is 21.1. The van der Waals surface area contributed by atoms with Crippen molar-refractivity contribution in [3.05, 3.63) is 120 Å². The molecule has 4 aromatic rings. The van der Waals surface area contributed by atoms with Crippen molar-refractivity contribution in [1.29, 1.82) is 0 Å². The van der Waals surface area contributed by atoms with Crippen LogP contribution in [-0.4, -0.2) is 96.7 Å². The lowest BCUT2D eigenvalue weighted by atomic mass is 9.78. The van der Waals surface area contributed by atoms with Crippen LogP contribution in [0.3, 0.4) is 0 Å². The van der Waals surface area contributed by atoms with Gasteiger partial charge in [0.05, 0.1) is 26.3 Å². The van der Waals surface area contributed by atoms with E-state index in [0.717, 1.165) is 71.5 Å². The molecule has 2 saturated heterocycles. The minimum Gasteiger partial charge on any atom is -0.453 e. The summed E-state index contributed by atoms with van der Waals surface area (Å²) in [5.74, 6) is -9.45. The topological polar surface area (TPSA) is 142 Å². The Hall–Kier alpha value is -7.10. The summed E-state index contributed by atoms with van der Waals surface area (Å²) in [6.45, 7) is 12.3. The number of carbonyl (C=O) groups is 4. The van der Waals surface area contributed by atoms with Gasteiger partial charge in [0.2, 0.25) is 11.8 Å². The van der Waals surface area contributed by atoms with Crippen LogP contribution in [0.1, 0.15) is 102 Å². The number of alkyl halides is 4. The van der Waals surface area contributed by atoms with Gasteiger partial charge in [-0.3, -0.25) is 19.6 Å². The van der Waals surface area contributed by atoms with E-state index in [1.165, 1.54) is 26.4 Å². The van der Waals surface area contributed by atoms with Gasteiger partial charge in [-0.2, -0.15) is 17.6 Å². The minimum absolute atomic E-state index is 0.0356. The molecule has 1 unspecified atom stereocenters. The molecule has 0 radical (unpaired) electrons. The number of aliphatic imine (C=N–C) groups is 2. The molecule has 16 heteroatoms. The molecule has 4 aromatic carbocycles. The summed E-state index contributed by atoms with van der Waals surface area (Å²) in [5.41, 5.74) is 4.48. The first-order valence-electron chi connectivity index (χ1n) is 25.1. The van der Waals surface area contributed by atoms with Gasteiger partial charge >= 0.3 is 24.0 Å². The van der Waals surface area contributed by atoms with Crippen molar-refractivity contribution in [2.75, 3.05) is 27.3 Å². The average molecular weight is 1020 g/mol. The maximum Gasteiger partial charge on any atom is 0.407 e. The first-order chi connectivity index (χ1) is 35.0. The van der Waals surface area contributed by atoms with E-state index in [-0.39, 0.29) is 35.0 Å². The first kappa shape index (κ1) is 51.8. The Kier molecular flexibility index (Phi) is 13.7. The van der Waals surface area contributed by atoms with Crippen LogP contribution in [0.25, 0.3) is 44.5 Å². The summed E-state index contributed by atoms with van der Waals surface area (Å²) in [7, 11) is 2.51. The highest BCUT2D eigenvalue weighted by Crippen LogP contribution is 2.59. The van der Waals surface area contributed by atoms with Crippen LogP contribution in [0.2, 0.25) is 0 Å². The van der Waals surface area contributed by atoms with E-state index in [9.17, 15) is 19.2 Å². The second kappa shape index (κ2) is 19.6. The largest absolute Gasteiger partial charge is 0.453 e. The van der Waals surface area contributed by atoms with Crippen molar-refractivity contribution in [3.8, 4) is 33.4 Å². The first-order valence-corrected chi connectivity index (χ1v) is 25.1. The maximum absolute atomic E-state index is 16.3. The Labute approximate surface area is 429 Å². The summed E-state index contributed by atoms with van der Waals surface area (Å²) >= 11 is 0. The molecule has 0 spiro atoms. The van der Waals surface area contributed by atoms with Crippen LogP contribution in [0, 0.1) is 10.8 Å². The number of allylic oxidation sites excluding steroid dienone is 2. The number of nitrogens with one attached hydrogen (secondary N) is 2. The van der Waals surface area contributed by atoms with Gasteiger partial charge < -0.3 is 29.9 Å². The summed E-state index contributed by atoms with van der Waals surface area (Å²) in [4.78, 5) is 65.0. The molecule has 5 aliphatic rings. The Balaban J connectivity index is 0.869. The highest BCUT2D eigenvalue weighted by Gasteiger charge is 2.63. The van der Waals surface area contributed by atoms with Gasteiger partial charge in [-0.1, -0.05) is 114 Å². The standard InChI is InChI=1S/C58H62F4N6O6/c1-55(2,3)49(65-53(71)73-7)51(69)67-25-9-11-47(67)45-29-39(31-63-45)35-17-13-33(14-18-35)37-21-23-41-42-24-22-38(28-44(42)58(61,62)57(59,60)43(41)27-37)34-15-19-36(20-16-34)40-30-46(64-32-40)48-12-10-26-68(48)52(70)50(56(4,5)6)66-54(72)74-8/h13-24,27-28,31-32,47-50H,9-12,25-26,29-30H2,1-8H3,(H,65,71)(H,66,72)/t47-,48?,49+,50+/m0/s1. The van der Waals surface area contributed by atoms with Crippen molar-refractivity contribution in [3.63, 3.8) is 0 Å². The van der Waals surface area contributed by atoms with E-state index in [1.807, 2.05) is 65.8 Å². The third-order valence-corrected chi connectivity index (χ3v) is 15.1. The third kappa shape index (κ3) is 9.63. The Morgan fingerprint density at radius 3 is 1.23 bits per heavy atom. The second-order valence-corrected chi connectivity index (χ2v) is 22.0. The molecule has 2 N–H and O–H groups in total. The summed E-state index contributed by atoms with van der Waals surface area (Å²) in [6.07, 6.45) is 6.19. The average Bonchev–Trinajstić information content (AvgIpc) is 4.23. The number of nitrogens with zero attached hydrogens (tertiary/aromatic N) is 4. The Morgan fingerprint density at radius 2 is 0.892 bits per heavy atom. The number of halogens is 4. The fourth-order valence-electron chi connectivity index (χ4n) is 10.9. The molecule has 1 aliphatic carbocycles. The zero-order valence-electron chi connectivity index (χ0n) is 43.0. The number of alkyl carbamates (subject to hydrolysis) is 2. The molecule has 388 valence electrons. The van der Waals surface area contributed by atoms with Gasteiger partial charge in [-0.25, -0.2) is 9.59 Å². The molecule has 2 fully saturated rings. The van der Waals surface area contributed by atoms with E-state index in [1.54, 1.807) is 58.6 Å². The number of carbonyl (C=O) groups excluding carboxylic acids is 4. The van der Waals surface area contributed by atoms with Crippen LogP contribution in [0.5, 0.6) is 0 Å². The summed E-state index contributed by atoms with van der Waals surface area (Å²) < 4.78 is 74.7. The number of amides is 4. The number of methoxy groups -OCH3 is 2. The molecule has 9 rings (SSSR count). The fourth-order valence-corrected chi connectivity index (χ4v) is 10.9. The van der Waals surface area contributed by atoms with Gasteiger partial charge in [-0.15, -0.1) is 0 Å². The third-order valence-electron chi connectivity index (χ3n) is 15.1. The van der Waals surface area contributed by atoms with Crippen LogP contribution < -0.4 is 10.6 Å². The Bertz CT molecular complexity index is 2820. The van der Waals surface area contributed by atoms with E-state index in [0.29, 0.717) is 48.2 Å². The molecule has 74 heavy (non-hydrogen) atoms. The molecular formula is C58H62F4N6O6. The second-order valence-electron chi connectivity index (χ2n) is 22.0. The highest BCUT2D eigenvalue weighted by atomic mass is 19.3. The lowest BCUT2D eigenvalue weighted by molar-refractivity contribution is -0.225. The van der Waals surface area contributed by atoms with Crippen molar-refractivity contribution < 1.29 is 46.2 Å². The quantitative estimate of drug-likeness (QED) is 0.152. The number of hydrogen-bond acceptors (Lipinski definition) is 8. The molecule has 0 saturated carbocycles. The van der Waals surface area contributed by atoms with Gasteiger partial charge in [0, 0.05) is 60.9 Å². The molecule has 4 amide bonds. The van der Waals surface area contributed by atoms with Crippen molar-refractivity contribution in [2.24, 2.45) is 20.8 Å². The zero-order chi connectivity index (χ0) is 53.1. The van der Waals surface area contributed by atoms with Gasteiger partial charge in [-0.05, 0) is 104 Å². The molecule has 12 nitrogen and oxygen atoms in total. The zero-order valence-corrected chi connectivity index (χ0v) is 43.0. The van der Waals surface area contributed by atoms with Gasteiger partial charge in [0.15, 0.2) is 0 Å². The predicted octanol–water partition coefficient (Wildman–Crippen LogP) is 11.8. The Morgan fingerprint density at radius 1 is 0.554 bits per heavy atom. The number of benzene rings is 4. The van der Waals surface area contributed by atoms with Crippen LogP contribution >= 0.6 is 0 Å². The SMILES string of the molecule is COC(=O)N[C@H](C(=O)N1CCCC1C1=NC=C(c2ccc(-c3ccc4c(c3)C(F)(F)C(F)(F)c3cc(-c5ccc(C6=CN=C([C@@H]7CCCN7C(=O)[C@@H](NC(=O)OC)C(C)(C)C)C6)cc5)ccc3-4)cc2)C1)C(C)(C)C. The normalized spacial score (nSPS) is 20.6. The van der Waals surface area contributed by atoms with Gasteiger partial charge in [0.25, 0.3) is 0 Å². The molecule has 0 aromatic heterocycles. The lowest BCUT2D eigenvalue weighted by Gasteiger charge is -2.35. The number of fused-ring (bicyclic) bond motifs is 3. The van der Waals surface area contributed by atoms with E-state index in [4.69, 9.17) is 19.5 Å². The highest BCUT2D eigenvalue weighted by molar-refractivity contribution is 6.05. The van der Waals surface area contributed by atoms with Crippen LogP contribution in [0.4, 0.5) is 27.2 Å². The van der Waals surface area contributed by atoms with E-state index >= 15 is 17.6 Å². The monoisotopic (exact) mass is 1010 g/mol. The van der Waals surface area contributed by atoms with Crippen molar-refractivity contribution in [1.82, 2.24) is 20.4 Å². The maximum atomic E-state index is 16.3. The molecule has 4 atom stereocenters. The molecule has 4 aliphatic heterocycles. The molecular weight excluding hydrogens is 953 g/mol. The molecule has 4 heterocycles. The van der Waals surface area contributed by atoms with Crippen molar-refractivity contribution in [2.45, 2.75) is 116 Å². The van der Waals surface area contributed by atoms with Crippen LogP contribution in [-0.2, 0) is 30.9 Å². The number of rotatable bonds is 10. The number of ether oxygens (including phenoxy) is 2. The predicted molar refractivity (Wildman–Crippen MR) is 278 cm³/mol. The van der Waals surface area contributed by atoms with E-state index < -0.39 is 58.1 Å². The number of likely N-dealkylation sites (tertiary alicyclic amines) is 2. The lowest BCUT2D eigenvalue weighted by Crippen LogP contribution is -2.56. The minimum atomic E-state index is -4.52. The van der Waals surface area contributed by atoms with Gasteiger partial charge in [0.1, 0.15) is 12.1 Å².